The second-order valence-corrected chi connectivity index (χ2v) is 10.1. The van der Waals surface area contributed by atoms with Crippen LogP contribution in [0.25, 0.3) is 6.08 Å². The van der Waals surface area contributed by atoms with Crippen molar-refractivity contribution in [2.75, 3.05) is 7.11 Å². The van der Waals surface area contributed by atoms with Gasteiger partial charge in [0.2, 0.25) is 7.29 Å². The molecule has 1 unspecified atom stereocenters. The maximum absolute atomic E-state index is 14.6. The fourth-order valence-corrected chi connectivity index (χ4v) is 6.57. The molecule has 0 spiro atoms. The standard InChI is InChI=1S/C25H24NO5P/c1-4-11-19-22-20(16-21(30-3)23(19)27)31-24(28)25(22,2)26-32(29,17-12-7-5-8-13-17)18-14-9-6-10-15-18/h4-16,27H,1-3H3,(H,26,29)/b11-4+. The Balaban J connectivity index is 1.95. The molecule has 2 N–H and O–H groups in total. The fraction of sp³-hybridized carbons (Fsp3) is 0.160. The number of benzene rings is 3. The maximum atomic E-state index is 14.6. The van der Waals surface area contributed by atoms with Gasteiger partial charge in [-0.3, -0.25) is 4.57 Å². The number of hydrogen-bond acceptors (Lipinski definition) is 5. The molecular formula is C25H24NO5P. The van der Waals surface area contributed by atoms with Crippen molar-refractivity contribution in [3.63, 3.8) is 0 Å². The number of rotatable bonds is 6. The number of methoxy groups -OCH3 is 1. The van der Waals surface area contributed by atoms with Crippen molar-refractivity contribution in [3.8, 4) is 17.2 Å². The Morgan fingerprint density at radius 1 is 1.06 bits per heavy atom. The van der Waals surface area contributed by atoms with Gasteiger partial charge in [-0.1, -0.05) is 48.6 Å². The van der Waals surface area contributed by atoms with Crippen LogP contribution in [-0.4, -0.2) is 18.2 Å². The van der Waals surface area contributed by atoms with Crippen LogP contribution in [0, 0.1) is 0 Å². The molecule has 1 aliphatic heterocycles. The molecule has 0 aromatic heterocycles. The van der Waals surface area contributed by atoms with Crippen LogP contribution in [0.5, 0.6) is 17.2 Å². The van der Waals surface area contributed by atoms with E-state index in [0.29, 0.717) is 21.7 Å². The fourth-order valence-electron chi connectivity index (χ4n) is 4.00. The molecule has 0 saturated carbocycles. The minimum Gasteiger partial charge on any atom is -0.504 e. The molecule has 0 fully saturated rings. The predicted octanol–water partition coefficient (Wildman–Crippen LogP) is 4.09. The number of aromatic hydroxyl groups is 1. The largest absolute Gasteiger partial charge is 0.504 e. The summed E-state index contributed by atoms with van der Waals surface area (Å²) in [5, 5.41) is 15.1. The van der Waals surface area contributed by atoms with Crippen LogP contribution in [0.4, 0.5) is 0 Å². The van der Waals surface area contributed by atoms with E-state index in [-0.39, 0.29) is 17.2 Å². The topological polar surface area (TPSA) is 84.9 Å². The monoisotopic (exact) mass is 449 g/mol. The zero-order valence-corrected chi connectivity index (χ0v) is 18.9. The molecule has 0 saturated heterocycles. The Morgan fingerprint density at radius 2 is 1.62 bits per heavy atom. The summed E-state index contributed by atoms with van der Waals surface area (Å²) in [4.78, 5) is 13.2. The van der Waals surface area contributed by atoms with Gasteiger partial charge in [0.25, 0.3) is 0 Å². The molecule has 3 aromatic carbocycles. The molecule has 3 aromatic rings. The zero-order valence-electron chi connectivity index (χ0n) is 18.0. The van der Waals surface area contributed by atoms with Gasteiger partial charge in [-0.25, -0.2) is 9.88 Å². The van der Waals surface area contributed by atoms with E-state index in [4.69, 9.17) is 9.47 Å². The minimum absolute atomic E-state index is 0.120. The highest BCUT2D eigenvalue weighted by Crippen LogP contribution is 2.52. The summed E-state index contributed by atoms with van der Waals surface area (Å²) in [5.74, 6) is -0.299. The number of hydrogen-bond donors (Lipinski definition) is 2. The van der Waals surface area contributed by atoms with Crippen molar-refractivity contribution < 1.29 is 23.9 Å². The summed E-state index contributed by atoms with van der Waals surface area (Å²) in [6.45, 7) is 3.42. The first kappa shape index (κ1) is 21.9. The van der Waals surface area contributed by atoms with Crippen molar-refractivity contribution >= 4 is 29.9 Å². The number of carbonyl (C=O) groups excluding carboxylic acids is 1. The van der Waals surface area contributed by atoms with Crippen molar-refractivity contribution in [3.05, 3.63) is 83.9 Å². The number of phenolic OH excluding ortho intramolecular Hbond substituents is 1. The second kappa shape index (κ2) is 8.30. The minimum atomic E-state index is -3.49. The molecule has 7 heteroatoms. The molecule has 1 aliphatic rings. The van der Waals surface area contributed by atoms with Crippen LogP contribution >= 0.6 is 7.29 Å². The molecule has 6 nitrogen and oxygen atoms in total. The molecule has 164 valence electrons. The van der Waals surface area contributed by atoms with Gasteiger partial charge < -0.3 is 14.6 Å². The molecular weight excluding hydrogens is 425 g/mol. The number of carbonyl (C=O) groups is 1. The molecule has 0 bridgehead atoms. The highest BCUT2D eigenvalue weighted by atomic mass is 31.2. The van der Waals surface area contributed by atoms with Crippen LogP contribution in [-0.2, 0) is 14.9 Å². The Kier molecular flexibility index (Phi) is 5.68. The second-order valence-electron chi connectivity index (χ2n) is 7.62. The van der Waals surface area contributed by atoms with E-state index < -0.39 is 18.8 Å². The lowest BCUT2D eigenvalue weighted by Crippen LogP contribution is -2.47. The molecule has 1 heterocycles. The molecule has 32 heavy (non-hydrogen) atoms. The summed E-state index contributed by atoms with van der Waals surface area (Å²) < 4.78 is 25.4. The normalized spacial score (nSPS) is 17.9. The van der Waals surface area contributed by atoms with E-state index in [9.17, 15) is 14.5 Å². The lowest BCUT2D eigenvalue weighted by molar-refractivity contribution is -0.138. The Bertz CT molecular complexity index is 1200. The Morgan fingerprint density at radius 3 is 2.12 bits per heavy atom. The van der Waals surface area contributed by atoms with Crippen molar-refractivity contribution in [1.82, 2.24) is 5.09 Å². The summed E-state index contributed by atoms with van der Waals surface area (Å²) in [7, 11) is -2.07. The quantitative estimate of drug-likeness (QED) is 0.335. The zero-order chi connectivity index (χ0) is 22.9. The van der Waals surface area contributed by atoms with Crippen molar-refractivity contribution in [2.24, 2.45) is 0 Å². The number of phenols is 1. The molecule has 0 amide bonds. The highest BCUT2D eigenvalue weighted by Gasteiger charge is 2.52. The third kappa shape index (κ3) is 3.42. The summed E-state index contributed by atoms with van der Waals surface area (Å²) in [6.07, 6.45) is 3.42. The average Bonchev–Trinajstić information content (AvgIpc) is 3.05. The number of nitrogens with one attached hydrogen (secondary N) is 1. The first-order valence-electron chi connectivity index (χ1n) is 10.1. The third-order valence-corrected chi connectivity index (χ3v) is 8.36. The molecule has 4 rings (SSSR count). The summed E-state index contributed by atoms with van der Waals surface area (Å²) in [6, 6.07) is 19.4. The highest BCUT2D eigenvalue weighted by molar-refractivity contribution is 7.77. The van der Waals surface area contributed by atoms with Gasteiger partial charge in [0.15, 0.2) is 17.0 Å². The van der Waals surface area contributed by atoms with E-state index in [1.165, 1.54) is 13.2 Å². The van der Waals surface area contributed by atoms with Gasteiger partial charge in [-0.15, -0.1) is 0 Å². The van der Waals surface area contributed by atoms with Crippen molar-refractivity contribution in [2.45, 2.75) is 19.4 Å². The predicted molar refractivity (Wildman–Crippen MR) is 125 cm³/mol. The van der Waals surface area contributed by atoms with Crippen LogP contribution in [0.3, 0.4) is 0 Å². The van der Waals surface area contributed by atoms with Crippen LogP contribution in [0.15, 0.2) is 72.8 Å². The smallest absolute Gasteiger partial charge is 0.336 e. The van der Waals surface area contributed by atoms with E-state index in [1.54, 1.807) is 74.5 Å². The van der Waals surface area contributed by atoms with Gasteiger partial charge in [0.1, 0.15) is 5.75 Å². The van der Waals surface area contributed by atoms with E-state index in [1.807, 2.05) is 12.1 Å². The van der Waals surface area contributed by atoms with Crippen LogP contribution in [0.1, 0.15) is 25.0 Å². The first-order valence-corrected chi connectivity index (χ1v) is 11.9. The van der Waals surface area contributed by atoms with Gasteiger partial charge in [-0.05, 0) is 38.1 Å². The molecule has 0 aliphatic carbocycles. The summed E-state index contributed by atoms with van der Waals surface area (Å²) in [5.41, 5.74) is -0.712. The number of fused-ring (bicyclic) bond motifs is 1. The molecule has 1 atom stereocenters. The van der Waals surface area contributed by atoms with Crippen LogP contribution in [0.2, 0.25) is 0 Å². The van der Waals surface area contributed by atoms with E-state index >= 15 is 0 Å². The van der Waals surface area contributed by atoms with Gasteiger partial charge in [0, 0.05) is 27.8 Å². The SMILES string of the molecule is C/C=C/c1c(O)c(OC)cc2c1C(C)(NP(=O)(c1ccccc1)c1ccccc1)C(=O)O2. The Labute approximate surface area is 186 Å². The van der Waals surface area contributed by atoms with Crippen molar-refractivity contribution in [1.29, 1.82) is 0 Å². The van der Waals surface area contributed by atoms with Gasteiger partial charge in [-0.2, -0.15) is 0 Å². The number of ether oxygens (including phenoxy) is 2. The lowest BCUT2D eigenvalue weighted by Gasteiger charge is -2.31. The first-order chi connectivity index (χ1) is 15.3. The van der Waals surface area contributed by atoms with Crippen LogP contribution < -0.4 is 25.2 Å². The number of allylic oxidation sites excluding steroid dienone is 1. The third-order valence-electron chi connectivity index (χ3n) is 5.55. The molecule has 0 radical (unpaired) electrons. The van der Waals surface area contributed by atoms with Gasteiger partial charge in [0.05, 0.1) is 7.11 Å². The maximum Gasteiger partial charge on any atom is 0.336 e. The van der Waals surface area contributed by atoms with Gasteiger partial charge >= 0.3 is 5.97 Å². The number of esters is 1. The summed E-state index contributed by atoms with van der Waals surface area (Å²) >= 11 is 0. The lowest BCUT2D eigenvalue weighted by atomic mass is 9.89. The van der Waals surface area contributed by atoms with E-state index in [2.05, 4.69) is 5.09 Å². The average molecular weight is 449 g/mol. The van der Waals surface area contributed by atoms with E-state index in [0.717, 1.165) is 0 Å². The Hall–Kier alpha value is -3.34.